The van der Waals surface area contributed by atoms with Crippen LogP contribution in [0.15, 0.2) is 17.2 Å². The van der Waals surface area contributed by atoms with Crippen molar-refractivity contribution >= 4 is 12.6 Å². The molecular formula is C11H20N2OS. The molecule has 1 aromatic heterocycles. The second-order valence-corrected chi connectivity index (χ2v) is 4.57. The summed E-state index contributed by atoms with van der Waals surface area (Å²) in [7, 11) is 0. The zero-order valence-corrected chi connectivity index (χ0v) is 10.6. The second-order valence-electron chi connectivity index (χ2n) is 4.21. The fourth-order valence-electron chi connectivity index (χ4n) is 1.57. The predicted molar refractivity (Wildman–Crippen MR) is 66.5 cm³/mol. The minimum absolute atomic E-state index is 0.0879. The van der Waals surface area contributed by atoms with E-state index >= 15 is 0 Å². The number of aryl methyl sites for hydroxylation is 1. The molecule has 1 heterocycles. The maximum atomic E-state index is 11.8. The van der Waals surface area contributed by atoms with Crippen LogP contribution in [0.5, 0.6) is 0 Å². The van der Waals surface area contributed by atoms with Gasteiger partial charge in [0.05, 0.1) is 0 Å². The van der Waals surface area contributed by atoms with Crippen LogP contribution in [0, 0.1) is 11.8 Å². The number of nitrogens with zero attached hydrogens (tertiary/aromatic N) is 2. The van der Waals surface area contributed by atoms with E-state index in [2.05, 4.69) is 26.5 Å². The van der Waals surface area contributed by atoms with Crippen molar-refractivity contribution in [3.8, 4) is 0 Å². The first-order valence-corrected chi connectivity index (χ1v) is 6.09. The molecule has 0 fully saturated rings. The molecular weight excluding hydrogens is 208 g/mol. The van der Waals surface area contributed by atoms with E-state index in [1.165, 1.54) is 0 Å². The molecule has 3 nitrogen and oxygen atoms in total. The van der Waals surface area contributed by atoms with Gasteiger partial charge in [-0.1, -0.05) is 13.8 Å². The van der Waals surface area contributed by atoms with Crippen LogP contribution in [0.1, 0.15) is 20.8 Å². The van der Waals surface area contributed by atoms with Gasteiger partial charge < -0.3 is 0 Å². The highest BCUT2D eigenvalue weighted by molar-refractivity contribution is 7.80. The van der Waals surface area contributed by atoms with Gasteiger partial charge in [0.1, 0.15) is 0 Å². The largest absolute Gasteiger partial charge is 0.328 e. The van der Waals surface area contributed by atoms with E-state index in [0.717, 1.165) is 18.8 Å². The van der Waals surface area contributed by atoms with E-state index in [-0.39, 0.29) is 5.69 Å². The summed E-state index contributed by atoms with van der Waals surface area (Å²) < 4.78 is 3.50. The maximum absolute atomic E-state index is 11.8. The third-order valence-electron chi connectivity index (χ3n) is 2.87. The van der Waals surface area contributed by atoms with Crippen molar-refractivity contribution in [1.29, 1.82) is 0 Å². The monoisotopic (exact) mass is 228 g/mol. The first kappa shape index (κ1) is 12.4. The van der Waals surface area contributed by atoms with Crippen LogP contribution < -0.4 is 5.69 Å². The molecule has 4 heteroatoms. The SMILES string of the molecule is CCn1ccn(CC(CS)C(C)C)c1=O. The molecule has 1 unspecified atom stereocenters. The second kappa shape index (κ2) is 5.45. The molecule has 0 aliphatic rings. The molecule has 0 N–H and O–H groups in total. The lowest BCUT2D eigenvalue weighted by molar-refractivity contribution is 0.366. The van der Waals surface area contributed by atoms with E-state index in [9.17, 15) is 4.79 Å². The van der Waals surface area contributed by atoms with Gasteiger partial charge in [-0.05, 0) is 24.5 Å². The number of rotatable bonds is 5. The number of thiol groups is 1. The summed E-state index contributed by atoms with van der Waals surface area (Å²) in [4.78, 5) is 11.8. The third-order valence-corrected chi connectivity index (χ3v) is 3.34. The van der Waals surface area contributed by atoms with Crippen LogP contribution in [-0.4, -0.2) is 14.9 Å². The zero-order chi connectivity index (χ0) is 11.4. The van der Waals surface area contributed by atoms with Gasteiger partial charge >= 0.3 is 5.69 Å². The molecule has 1 aromatic rings. The van der Waals surface area contributed by atoms with E-state index in [1.54, 1.807) is 9.13 Å². The molecule has 0 aromatic carbocycles. The highest BCUT2D eigenvalue weighted by atomic mass is 32.1. The molecule has 1 rings (SSSR count). The van der Waals surface area contributed by atoms with Crippen LogP contribution in [0.2, 0.25) is 0 Å². The summed E-state index contributed by atoms with van der Waals surface area (Å²) in [5.41, 5.74) is 0.0879. The minimum atomic E-state index is 0.0879. The number of hydrogen-bond donors (Lipinski definition) is 1. The van der Waals surface area contributed by atoms with Gasteiger partial charge in [-0.2, -0.15) is 12.6 Å². The van der Waals surface area contributed by atoms with Crippen LogP contribution in [0.25, 0.3) is 0 Å². The standard InChI is InChI=1S/C11H20N2OS/c1-4-12-5-6-13(11(12)14)7-10(8-15)9(2)3/h5-6,9-10,15H,4,7-8H2,1-3H3. The number of hydrogen-bond acceptors (Lipinski definition) is 2. The lowest BCUT2D eigenvalue weighted by Gasteiger charge is -2.18. The summed E-state index contributed by atoms with van der Waals surface area (Å²) in [5, 5.41) is 0. The van der Waals surface area contributed by atoms with E-state index in [1.807, 2.05) is 19.3 Å². The van der Waals surface area contributed by atoms with E-state index in [0.29, 0.717) is 11.8 Å². The Hall–Kier alpha value is -0.640. The third kappa shape index (κ3) is 2.91. The van der Waals surface area contributed by atoms with Gasteiger partial charge in [0.25, 0.3) is 0 Å². The van der Waals surface area contributed by atoms with Crippen molar-refractivity contribution in [2.75, 3.05) is 5.75 Å². The van der Waals surface area contributed by atoms with Gasteiger partial charge in [0, 0.05) is 25.5 Å². The Bertz CT molecular complexity index is 354. The summed E-state index contributed by atoms with van der Waals surface area (Å²) in [6, 6.07) is 0. The van der Waals surface area contributed by atoms with Crippen molar-refractivity contribution in [3.05, 3.63) is 22.9 Å². The smallest absolute Gasteiger partial charge is 0.300 e. The van der Waals surface area contributed by atoms with Crippen molar-refractivity contribution in [2.45, 2.75) is 33.9 Å². The summed E-state index contributed by atoms with van der Waals surface area (Å²) >= 11 is 4.33. The fourth-order valence-corrected chi connectivity index (χ4v) is 2.10. The van der Waals surface area contributed by atoms with Crippen molar-refractivity contribution in [1.82, 2.24) is 9.13 Å². The average Bonchev–Trinajstić information content (AvgIpc) is 2.55. The molecule has 1 atom stereocenters. The topological polar surface area (TPSA) is 26.9 Å². The van der Waals surface area contributed by atoms with E-state index in [4.69, 9.17) is 0 Å². The summed E-state index contributed by atoms with van der Waals surface area (Å²) in [6.07, 6.45) is 3.71. The van der Waals surface area contributed by atoms with E-state index < -0.39 is 0 Å². The molecule has 15 heavy (non-hydrogen) atoms. The van der Waals surface area contributed by atoms with Crippen LogP contribution >= 0.6 is 12.6 Å². The predicted octanol–water partition coefficient (Wildman–Crippen LogP) is 1.87. The highest BCUT2D eigenvalue weighted by Crippen LogP contribution is 2.14. The van der Waals surface area contributed by atoms with Crippen LogP contribution in [0.3, 0.4) is 0 Å². The quantitative estimate of drug-likeness (QED) is 0.765. The Morgan fingerprint density at radius 1 is 1.33 bits per heavy atom. The summed E-state index contributed by atoms with van der Waals surface area (Å²) in [6.45, 7) is 7.82. The maximum Gasteiger partial charge on any atom is 0.328 e. The van der Waals surface area contributed by atoms with Crippen molar-refractivity contribution < 1.29 is 0 Å². The van der Waals surface area contributed by atoms with Gasteiger partial charge in [-0.25, -0.2) is 4.79 Å². The lowest BCUT2D eigenvalue weighted by Crippen LogP contribution is -2.28. The minimum Gasteiger partial charge on any atom is -0.300 e. The zero-order valence-electron chi connectivity index (χ0n) is 9.68. The van der Waals surface area contributed by atoms with Gasteiger partial charge in [0.15, 0.2) is 0 Å². The molecule has 0 spiro atoms. The van der Waals surface area contributed by atoms with Crippen molar-refractivity contribution in [3.63, 3.8) is 0 Å². The Labute approximate surface area is 96.5 Å². The highest BCUT2D eigenvalue weighted by Gasteiger charge is 2.13. The van der Waals surface area contributed by atoms with Gasteiger partial charge in [-0.3, -0.25) is 9.13 Å². The van der Waals surface area contributed by atoms with Gasteiger partial charge in [-0.15, -0.1) is 0 Å². The average molecular weight is 228 g/mol. The molecule has 0 saturated heterocycles. The molecule has 86 valence electrons. The fraction of sp³-hybridized carbons (Fsp3) is 0.727. The van der Waals surface area contributed by atoms with Crippen LogP contribution in [0.4, 0.5) is 0 Å². The first-order valence-electron chi connectivity index (χ1n) is 5.46. The molecule has 0 aliphatic heterocycles. The molecule has 0 radical (unpaired) electrons. The Balaban J connectivity index is 2.80. The van der Waals surface area contributed by atoms with Gasteiger partial charge in [0.2, 0.25) is 0 Å². The van der Waals surface area contributed by atoms with Crippen molar-refractivity contribution in [2.24, 2.45) is 11.8 Å². The Kier molecular flexibility index (Phi) is 4.51. The molecule has 0 saturated carbocycles. The lowest BCUT2D eigenvalue weighted by atomic mass is 9.98. The number of aromatic nitrogens is 2. The Morgan fingerprint density at radius 3 is 2.33 bits per heavy atom. The normalized spacial score (nSPS) is 13.4. The number of imidazole rings is 1. The summed E-state index contributed by atoms with van der Waals surface area (Å²) in [5.74, 6) is 1.83. The first-order chi connectivity index (χ1) is 7.10. The Morgan fingerprint density at radius 2 is 1.93 bits per heavy atom. The molecule has 0 amide bonds. The van der Waals surface area contributed by atoms with Crippen LogP contribution in [-0.2, 0) is 13.1 Å². The molecule has 0 aliphatic carbocycles. The molecule has 0 bridgehead atoms.